The SMILES string of the molecule is CC(Sc1ccccc1N=Cc1cccnc1Cl)C(=O)Nc1ccccc1F. The van der Waals surface area contributed by atoms with Crippen LogP contribution in [-0.4, -0.2) is 22.4 Å². The first-order valence-electron chi connectivity index (χ1n) is 8.50. The molecule has 3 aromatic rings. The van der Waals surface area contributed by atoms with Gasteiger partial charge in [0.05, 0.1) is 16.6 Å². The van der Waals surface area contributed by atoms with Crippen LogP contribution < -0.4 is 5.32 Å². The van der Waals surface area contributed by atoms with Crippen molar-refractivity contribution in [2.24, 2.45) is 4.99 Å². The highest BCUT2D eigenvalue weighted by Crippen LogP contribution is 2.33. The maximum Gasteiger partial charge on any atom is 0.237 e. The van der Waals surface area contributed by atoms with Crippen LogP contribution >= 0.6 is 23.4 Å². The third-order valence-electron chi connectivity index (χ3n) is 3.80. The molecule has 7 heteroatoms. The lowest BCUT2D eigenvalue weighted by molar-refractivity contribution is -0.115. The van der Waals surface area contributed by atoms with Crippen LogP contribution in [0, 0.1) is 5.82 Å². The Morgan fingerprint density at radius 1 is 1.18 bits per heavy atom. The second-order valence-corrected chi connectivity index (χ2v) is 7.58. The van der Waals surface area contributed by atoms with Crippen molar-refractivity contribution >= 4 is 46.9 Å². The molecule has 4 nitrogen and oxygen atoms in total. The van der Waals surface area contributed by atoms with Gasteiger partial charge in [-0.05, 0) is 43.3 Å². The third-order valence-corrected chi connectivity index (χ3v) is 5.28. The summed E-state index contributed by atoms with van der Waals surface area (Å²) in [5.74, 6) is -0.754. The fourth-order valence-electron chi connectivity index (χ4n) is 2.34. The van der Waals surface area contributed by atoms with Gasteiger partial charge in [0.1, 0.15) is 11.0 Å². The van der Waals surface area contributed by atoms with E-state index in [0.717, 1.165) is 4.90 Å². The van der Waals surface area contributed by atoms with Crippen LogP contribution in [0.25, 0.3) is 0 Å². The molecule has 28 heavy (non-hydrogen) atoms. The molecule has 0 aliphatic heterocycles. The van der Waals surface area contributed by atoms with E-state index in [0.29, 0.717) is 16.4 Å². The van der Waals surface area contributed by atoms with E-state index >= 15 is 0 Å². The van der Waals surface area contributed by atoms with E-state index in [1.165, 1.54) is 23.9 Å². The average Bonchev–Trinajstić information content (AvgIpc) is 2.70. The zero-order valence-electron chi connectivity index (χ0n) is 15.0. The van der Waals surface area contributed by atoms with Crippen LogP contribution in [0.15, 0.2) is 76.7 Å². The Labute approximate surface area is 171 Å². The minimum absolute atomic E-state index is 0.164. The number of anilines is 1. The second kappa shape index (κ2) is 9.48. The molecule has 3 rings (SSSR count). The number of nitrogens with one attached hydrogen (secondary N) is 1. The zero-order valence-corrected chi connectivity index (χ0v) is 16.5. The molecule has 0 saturated heterocycles. The summed E-state index contributed by atoms with van der Waals surface area (Å²) in [6, 6.07) is 17.2. The molecule has 0 saturated carbocycles. The highest BCUT2D eigenvalue weighted by molar-refractivity contribution is 8.00. The number of nitrogens with zero attached hydrogens (tertiary/aromatic N) is 2. The molecule has 1 N–H and O–H groups in total. The van der Waals surface area contributed by atoms with Crippen LogP contribution in [-0.2, 0) is 4.79 Å². The molecule has 0 aliphatic rings. The average molecular weight is 414 g/mol. The summed E-state index contributed by atoms with van der Waals surface area (Å²) in [5.41, 5.74) is 1.57. The van der Waals surface area contributed by atoms with Crippen molar-refractivity contribution in [2.45, 2.75) is 17.1 Å². The first-order valence-corrected chi connectivity index (χ1v) is 9.76. The number of aliphatic imine (C=N–C) groups is 1. The fourth-order valence-corrected chi connectivity index (χ4v) is 3.45. The lowest BCUT2D eigenvalue weighted by atomic mass is 10.3. The lowest BCUT2D eigenvalue weighted by Gasteiger charge is -2.13. The van der Waals surface area contributed by atoms with Gasteiger partial charge in [0, 0.05) is 22.9 Å². The first kappa shape index (κ1) is 20.0. The molecule has 1 heterocycles. The van der Waals surface area contributed by atoms with E-state index in [1.54, 1.807) is 37.5 Å². The van der Waals surface area contributed by atoms with Gasteiger partial charge in [-0.2, -0.15) is 0 Å². The van der Waals surface area contributed by atoms with E-state index in [-0.39, 0.29) is 11.6 Å². The molecule has 2 aromatic carbocycles. The van der Waals surface area contributed by atoms with Gasteiger partial charge in [0.25, 0.3) is 0 Å². The molecule has 1 amide bonds. The van der Waals surface area contributed by atoms with Crippen molar-refractivity contribution in [3.63, 3.8) is 0 Å². The van der Waals surface area contributed by atoms with Crippen molar-refractivity contribution < 1.29 is 9.18 Å². The Hall–Kier alpha value is -2.70. The number of para-hydroxylation sites is 2. The van der Waals surface area contributed by atoms with Gasteiger partial charge in [-0.3, -0.25) is 9.79 Å². The van der Waals surface area contributed by atoms with Crippen molar-refractivity contribution in [3.8, 4) is 0 Å². The molecule has 0 aliphatic carbocycles. The van der Waals surface area contributed by atoms with Gasteiger partial charge in [-0.15, -0.1) is 11.8 Å². The molecule has 0 fully saturated rings. The van der Waals surface area contributed by atoms with Gasteiger partial charge < -0.3 is 5.32 Å². The van der Waals surface area contributed by atoms with Crippen LogP contribution in [0.5, 0.6) is 0 Å². The standard InChI is InChI=1S/C21H17ClFN3OS/c1-14(21(27)26-17-9-3-2-8-16(17)23)28-19-11-5-4-10-18(19)25-13-15-7-6-12-24-20(15)22/h2-14H,1H3,(H,26,27). The summed E-state index contributed by atoms with van der Waals surface area (Å²) in [7, 11) is 0. The lowest BCUT2D eigenvalue weighted by Crippen LogP contribution is -2.22. The van der Waals surface area contributed by atoms with Gasteiger partial charge >= 0.3 is 0 Å². The summed E-state index contributed by atoms with van der Waals surface area (Å²) in [6.07, 6.45) is 3.25. The summed E-state index contributed by atoms with van der Waals surface area (Å²) in [4.78, 5) is 21.8. The summed E-state index contributed by atoms with van der Waals surface area (Å²) in [6.45, 7) is 1.76. The maximum atomic E-state index is 13.7. The predicted molar refractivity (Wildman–Crippen MR) is 113 cm³/mol. The number of hydrogen-bond acceptors (Lipinski definition) is 4. The number of aromatic nitrogens is 1. The third kappa shape index (κ3) is 5.18. The van der Waals surface area contributed by atoms with E-state index < -0.39 is 11.1 Å². The van der Waals surface area contributed by atoms with Gasteiger partial charge in [0.2, 0.25) is 5.91 Å². The molecule has 1 atom stereocenters. The Morgan fingerprint density at radius 2 is 1.93 bits per heavy atom. The van der Waals surface area contributed by atoms with Crippen molar-refractivity contribution in [1.82, 2.24) is 4.98 Å². The summed E-state index contributed by atoms with van der Waals surface area (Å²) < 4.78 is 13.7. The highest BCUT2D eigenvalue weighted by atomic mass is 35.5. The van der Waals surface area contributed by atoms with Gasteiger partial charge in [0.15, 0.2) is 0 Å². The Balaban J connectivity index is 1.73. The van der Waals surface area contributed by atoms with E-state index in [1.807, 2.05) is 30.3 Å². The van der Waals surface area contributed by atoms with Gasteiger partial charge in [-0.1, -0.05) is 35.9 Å². The number of halogens is 2. The van der Waals surface area contributed by atoms with Crippen LogP contribution in [0.2, 0.25) is 5.15 Å². The number of carbonyl (C=O) groups excluding carboxylic acids is 1. The summed E-state index contributed by atoms with van der Waals surface area (Å²) in [5, 5.41) is 2.54. The number of rotatable bonds is 6. The highest BCUT2D eigenvalue weighted by Gasteiger charge is 2.17. The van der Waals surface area contributed by atoms with Crippen LogP contribution in [0.4, 0.5) is 15.8 Å². The minimum Gasteiger partial charge on any atom is -0.323 e. The number of thioether (sulfide) groups is 1. The fraction of sp³-hybridized carbons (Fsp3) is 0.0952. The molecule has 1 unspecified atom stereocenters. The second-order valence-electron chi connectivity index (χ2n) is 5.84. The topological polar surface area (TPSA) is 54.4 Å². The van der Waals surface area contributed by atoms with Crippen LogP contribution in [0.1, 0.15) is 12.5 Å². The number of hydrogen-bond donors (Lipinski definition) is 1. The molecular weight excluding hydrogens is 397 g/mol. The van der Waals surface area contributed by atoms with Gasteiger partial charge in [-0.25, -0.2) is 9.37 Å². The van der Waals surface area contributed by atoms with Crippen molar-refractivity contribution in [1.29, 1.82) is 0 Å². The minimum atomic E-state index is -0.466. The van der Waals surface area contributed by atoms with E-state index in [2.05, 4.69) is 15.3 Å². The number of benzene rings is 2. The quantitative estimate of drug-likeness (QED) is 0.318. The van der Waals surface area contributed by atoms with Crippen molar-refractivity contribution in [3.05, 3.63) is 83.4 Å². The monoisotopic (exact) mass is 413 g/mol. The maximum absolute atomic E-state index is 13.7. The number of pyridine rings is 1. The Kier molecular flexibility index (Phi) is 6.79. The zero-order chi connectivity index (χ0) is 19.9. The number of amides is 1. The molecule has 0 spiro atoms. The molecule has 0 bridgehead atoms. The van der Waals surface area contributed by atoms with E-state index in [9.17, 15) is 9.18 Å². The molecule has 0 radical (unpaired) electrons. The normalized spacial score (nSPS) is 12.1. The Morgan fingerprint density at radius 3 is 2.71 bits per heavy atom. The smallest absolute Gasteiger partial charge is 0.237 e. The predicted octanol–water partition coefficient (Wildman–Crippen LogP) is 5.74. The summed E-state index contributed by atoms with van der Waals surface area (Å²) >= 11 is 7.40. The van der Waals surface area contributed by atoms with Crippen molar-refractivity contribution in [2.75, 3.05) is 5.32 Å². The molecule has 142 valence electrons. The Bertz CT molecular complexity index is 1010. The van der Waals surface area contributed by atoms with E-state index in [4.69, 9.17) is 11.6 Å². The molecular formula is C21H17ClFN3OS. The van der Waals surface area contributed by atoms with Crippen LogP contribution in [0.3, 0.4) is 0 Å². The number of carbonyl (C=O) groups is 1. The largest absolute Gasteiger partial charge is 0.323 e. The molecule has 1 aromatic heterocycles. The first-order chi connectivity index (χ1) is 13.5.